The fraction of sp³-hybridized carbons (Fsp3) is 0.0625. The Labute approximate surface area is 146 Å². The van der Waals surface area contributed by atoms with Gasteiger partial charge in [0.05, 0.1) is 17.0 Å². The number of hydrogen-bond donors (Lipinski definition) is 1. The Morgan fingerprint density at radius 1 is 1.17 bits per heavy atom. The van der Waals surface area contributed by atoms with E-state index in [1.165, 1.54) is 6.33 Å². The number of carbonyl (C=O) groups excluding carboxylic acids is 1. The average molecular weight is 385 g/mol. The Hall–Kier alpha value is -2.87. The van der Waals surface area contributed by atoms with E-state index in [2.05, 4.69) is 42.0 Å². The van der Waals surface area contributed by atoms with Crippen molar-refractivity contribution in [1.82, 2.24) is 25.6 Å². The number of benzene rings is 2. The van der Waals surface area contributed by atoms with Crippen LogP contribution in [0.5, 0.6) is 0 Å². The van der Waals surface area contributed by atoms with Crippen LogP contribution in [0.3, 0.4) is 0 Å². The predicted molar refractivity (Wildman–Crippen MR) is 93.0 cm³/mol. The van der Waals surface area contributed by atoms with E-state index in [4.69, 9.17) is 0 Å². The highest BCUT2D eigenvalue weighted by atomic mass is 79.9. The van der Waals surface area contributed by atoms with Crippen LogP contribution in [0, 0.1) is 0 Å². The lowest BCUT2D eigenvalue weighted by molar-refractivity contribution is 0.0954. The van der Waals surface area contributed by atoms with Crippen molar-refractivity contribution in [2.75, 3.05) is 0 Å². The smallest absolute Gasteiger partial charge is 0.267 e. The van der Waals surface area contributed by atoms with Gasteiger partial charge >= 0.3 is 0 Å². The molecule has 0 fully saturated rings. The molecule has 0 bridgehead atoms. The minimum atomic E-state index is -0.271. The molecule has 0 radical (unpaired) electrons. The van der Waals surface area contributed by atoms with Crippen LogP contribution in [0.2, 0.25) is 0 Å². The Bertz CT molecular complexity index is 874. The third-order valence-electron chi connectivity index (χ3n) is 3.34. The first-order valence-electron chi connectivity index (χ1n) is 7.08. The van der Waals surface area contributed by atoms with E-state index >= 15 is 0 Å². The number of tetrazole rings is 1. The third-order valence-corrected chi connectivity index (χ3v) is 4.03. The Balaban J connectivity index is 1.72. The summed E-state index contributed by atoms with van der Waals surface area (Å²) in [5, 5.41) is 15.2. The van der Waals surface area contributed by atoms with Gasteiger partial charge in [0.2, 0.25) is 0 Å². The molecule has 1 heterocycles. The molecule has 0 aliphatic carbocycles. The molecule has 1 amide bonds. The lowest BCUT2D eigenvalue weighted by Gasteiger charge is -2.05. The second kappa shape index (κ2) is 7.14. The number of halogens is 1. The maximum absolute atomic E-state index is 12.1. The zero-order chi connectivity index (χ0) is 16.9. The lowest BCUT2D eigenvalue weighted by Crippen LogP contribution is -2.19. The molecule has 0 unspecified atom stereocenters. The van der Waals surface area contributed by atoms with Gasteiger partial charge in [0.15, 0.2) is 0 Å². The highest BCUT2D eigenvalue weighted by Gasteiger charge is 2.08. The summed E-state index contributed by atoms with van der Waals surface area (Å²) in [5.74, 6) is -0.271. The first-order valence-corrected chi connectivity index (χ1v) is 7.87. The van der Waals surface area contributed by atoms with Crippen molar-refractivity contribution in [2.45, 2.75) is 6.92 Å². The molecule has 3 rings (SSSR count). The number of hydrogen-bond acceptors (Lipinski definition) is 5. The van der Waals surface area contributed by atoms with Gasteiger partial charge in [0.25, 0.3) is 5.91 Å². The van der Waals surface area contributed by atoms with Crippen molar-refractivity contribution in [3.8, 4) is 5.69 Å². The number of amides is 1. The quantitative estimate of drug-likeness (QED) is 0.553. The topological polar surface area (TPSA) is 85.1 Å². The summed E-state index contributed by atoms with van der Waals surface area (Å²) in [6.07, 6.45) is 1.52. The summed E-state index contributed by atoms with van der Waals surface area (Å²) >= 11 is 3.35. The zero-order valence-corrected chi connectivity index (χ0v) is 14.3. The molecule has 3 aromatic rings. The number of nitrogens with one attached hydrogen (secondary N) is 1. The van der Waals surface area contributed by atoms with E-state index in [0.29, 0.717) is 11.3 Å². The molecular formula is C16H13BrN6O. The van der Waals surface area contributed by atoms with Crippen molar-refractivity contribution < 1.29 is 4.79 Å². The van der Waals surface area contributed by atoms with Crippen LogP contribution in [-0.2, 0) is 0 Å². The second-order valence-corrected chi connectivity index (χ2v) is 5.77. The van der Waals surface area contributed by atoms with Gasteiger partial charge in [0.1, 0.15) is 6.33 Å². The molecule has 1 N–H and O–H groups in total. The van der Waals surface area contributed by atoms with Gasteiger partial charge < -0.3 is 0 Å². The Morgan fingerprint density at radius 2 is 1.92 bits per heavy atom. The molecular weight excluding hydrogens is 372 g/mol. The molecule has 0 atom stereocenters. The van der Waals surface area contributed by atoms with Crippen LogP contribution in [0.25, 0.3) is 5.69 Å². The minimum absolute atomic E-state index is 0.271. The average Bonchev–Trinajstić information content (AvgIpc) is 3.14. The monoisotopic (exact) mass is 384 g/mol. The van der Waals surface area contributed by atoms with Gasteiger partial charge in [-0.25, -0.2) is 10.1 Å². The fourth-order valence-corrected chi connectivity index (χ4v) is 2.50. The molecule has 8 heteroatoms. The standard InChI is InChI=1S/C16H13BrN6O/c1-11(19-20-16(24)14-4-2-3-5-15(14)17)12-6-8-13(9-7-12)23-10-18-21-22-23/h2-10H,1H3,(H,20,24)/b19-11+. The van der Waals surface area contributed by atoms with Gasteiger partial charge in [-0.3, -0.25) is 4.79 Å². The maximum Gasteiger partial charge on any atom is 0.272 e. The summed E-state index contributed by atoms with van der Waals surface area (Å²) in [7, 11) is 0. The van der Waals surface area contributed by atoms with Crippen LogP contribution in [0.4, 0.5) is 0 Å². The first kappa shape index (κ1) is 16.0. The summed E-state index contributed by atoms with van der Waals surface area (Å²) in [5.41, 5.74) is 5.52. The second-order valence-electron chi connectivity index (χ2n) is 4.92. The molecule has 1 aromatic heterocycles. The van der Waals surface area contributed by atoms with Crippen LogP contribution in [-0.4, -0.2) is 31.8 Å². The molecule has 0 aliphatic heterocycles. The van der Waals surface area contributed by atoms with Crippen molar-refractivity contribution in [1.29, 1.82) is 0 Å². The summed E-state index contributed by atoms with van der Waals surface area (Å²) in [6, 6.07) is 14.7. The van der Waals surface area contributed by atoms with Gasteiger partial charge in [-0.2, -0.15) is 5.10 Å². The highest BCUT2D eigenvalue weighted by Crippen LogP contribution is 2.15. The highest BCUT2D eigenvalue weighted by molar-refractivity contribution is 9.10. The van der Waals surface area contributed by atoms with Crippen LogP contribution in [0.1, 0.15) is 22.8 Å². The lowest BCUT2D eigenvalue weighted by atomic mass is 10.1. The number of rotatable bonds is 4. The Morgan fingerprint density at radius 3 is 2.58 bits per heavy atom. The zero-order valence-electron chi connectivity index (χ0n) is 12.7. The Kier molecular flexibility index (Phi) is 4.76. The molecule has 24 heavy (non-hydrogen) atoms. The number of nitrogens with zero attached hydrogens (tertiary/aromatic N) is 5. The van der Waals surface area contributed by atoms with Crippen molar-refractivity contribution in [3.05, 3.63) is 70.5 Å². The number of carbonyl (C=O) groups is 1. The van der Waals surface area contributed by atoms with E-state index in [9.17, 15) is 4.79 Å². The molecule has 0 saturated heterocycles. The molecule has 0 aliphatic rings. The fourth-order valence-electron chi connectivity index (χ4n) is 2.04. The number of aromatic nitrogens is 4. The number of hydrazone groups is 1. The van der Waals surface area contributed by atoms with Gasteiger partial charge in [-0.15, -0.1) is 5.10 Å². The molecule has 7 nitrogen and oxygen atoms in total. The van der Waals surface area contributed by atoms with E-state index in [1.54, 1.807) is 16.8 Å². The van der Waals surface area contributed by atoms with Crippen LogP contribution >= 0.6 is 15.9 Å². The van der Waals surface area contributed by atoms with Gasteiger partial charge in [0, 0.05) is 4.47 Å². The summed E-state index contributed by atoms with van der Waals surface area (Å²) in [6.45, 7) is 1.83. The van der Waals surface area contributed by atoms with Crippen molar-refractivity contribution >= 4 is 27.5 Å². The van der Waals surface area contributed by atoms with Crippen molar-refractivity contribution in [3.63, 3.8) is 0 Å². The molecule has 0 spiro atoms. The van der Waals surface area contributed by atoms with E-state index < -0.39 is 0 Å². The largest absolute Gasteiger partial charge is 0.272 e. The van der Waals surface area contributed by atoms with E-state index in [1.807, 2.05) is 43.3 Å². The molecule has 2 aromatic carbocycles. The van der Waals surface area contributed by atoms with Gasteiger partial charge in [-0.05, 0) is 63.1 Å². The molecule has 0 saturated carbocycles. The maximum atomic E-state index is 12.1. The van der Waals surface area contributed by atoms with Gasteiger partial charge in [-0.1, -0.05) is 24.3 Å². The SMILES string of the molecule is C/C(=N\NC(=O)c1ccccc1Br)c1ccc(-n2cnnn2)cc1. The summed E-state index contributed by atoms with van der Waals surface area (Å²) in [4.78, 5) is 12.1. The predicted octanol–water partition coefficient (Wildman–Crippen LogP) is 2.58. The van der Waals surface area contributed by atoms with Crippen LogP contribution in [0.15, 0.2) is 64.4 Å². The third kappa shape index (κ3) is 3.54. The summed E-state index contributed by atoms with van der Waals surface area (Å²) < 4.78 is 2.28. The molecule has 120 valence electrons. The van der Waals surface area contributed by atoms with E-state index in [-0.39, 0.29) is 5.91 Å². The normalized spacial score (nSPS) is 11.3. The minimum Gasteiger partial charge on any atom is -0.267 e. The van der Waals surface area contributed by atoms with Crippen molar-refractivity contribution in [2.24, 2.45) is 5.10 Å². The van der Waals surface area contributed by atoms with E-state index in [0.717, 1.165) is 15.7 Å². The van der Waals surface area contributed by atoms with Crippen LogP contribution < -0.4 is 5.43 Å². The first-order chi connectivity index (χ1) is 11.6.